The number of carbonyl (C=O) groups is 3. The quantitative estimate of drug-likeness (QED) is 0.387. The van der Waals surface area contributed by atoms with Crippen LogP contribution in [0.25, 0.3) is 0 Å². The average Bonchev–Trinajstić information content (AvgIpc) is 3.00. The lowest BCUT2D eigenvalue weighted by Gasteiger charge is -2.30. The molecule has 1 aliphatic heterocycles. The third-order valence-electron chi connectivity index (χ3n) is 6.78. The van der Waals surface area contributed by atoms with Crippen LogP contribution in [0, 0.1) is 5.82 Å². The topological polar surface area (TPSA) is 94.6 Å². The number of halogens is 5. The molecule has 4 rings (SSSR count). The third-order valence-corrected chi connectivity index (χ3v) is 7.02. The molecule has 1 aliphatic rings. The molecule has 0 saturated heterocycles. The number of pyridine rings is 1. The van der Waals surface area contributed by atoms with Crippen molar-refractivity contribution < 1.29 is 31.9 Å². The molecule has 3 aromatic rings. The molecular weight excluding hydrogens is 578 g/mol. The number of aromatic nitrogens is 1. The second kappa shape index (κ2) is 12.0. The van der Waals surface area contributed by atoms with Gasteiger partial charge in [-0.3, -0.25) is 19.4 Å². The zero-order chi connectivity index (χ0) is 30.8. The van der Waals surface area contributed by atoms with Crippen LogP contribution in [-0.2, 0) is 33.5 Å². The van der Waals surface area contributed by atoms with Gasteiger partial charge in [0, 0.05) is 30.9 Å². The van der Waals surface area contributed by atoms with E-state index < -0.39 is 46.9 Å². The van der Waals surface area contributed by atoms with Gasteiger partial charge in [-0.1, -0.05) is 23.7 Å². The van der Waals surface area contributed by atoms with Crippen LogP contribution in [0.2, 0.25) is 5.02 Å². The molecule has 2 N–H and O–H groups in total. The number of alkyl halides is 3. The Balaban J connectivity index is 1.54. The van der Waals surface area contributed by atoms with E-state index in [0.717, 1.165) is 18.3 Å². The number of hydrogen-bond acceptors (Lipinski definition) is 5. The van der Waals surface area contributed by atoms with Crippen molar-refractivity contribution in [2.45, 2.75) is 44.6 Å². The Hall–Kier alpha value is -4.19. The van der Waals surface area contributed by atoms with Crippen LogP contribution in [0.3, 0.4) is 0 Å². The summed E-state index contributed by atoms with van der Waals surface area (Å²) in [6.07, 6.45) is -3.69. The Morgan fingerprint density at radius 2 is 1.74 bits per heavy atom. The lowest BCUT2D eigenvalue weighted by Crippen LogP contribution is -2.60. The van der Waals surface area contributed by atoms with Crippen LogP contribution in [-0.4, -0.2) is 47.9 Å². The van der Waals surface area contributed by atoms with Gasteiger partial charge in [-0.15, -0.1) is 0 Å². The fourth-order valence-electron chi connectivity index (χ4n) is 4.52. The van der Waals surface area contributed by atoms with Crippen molar-refractivity contribution in [3.05, 3.63) is 88.5 Å². The smallest absolute Gasteiger partial charge is 0.363 e. The summed E-state index contributed by atoms with van der Waals surface area (Å²) in [6, 6.07) is 11.0. The minimum absolute atomic E-state index is 0.0197. The van der Waals surface area contributed by atoms with Crippen molar-refractivity contribution in [3.8, 4) is 0 Å². The zero-order valence-electron chi connectivity index (χ0n) is 22.9. The molecule has 0 fully saturated rings. The molecule has 13 heteroatoms. The normalized spacial score (nSPS) is 15.6. The number of nitrogens with one attached hydrogen (secondary N) is 2. The van der Waals surface area contributed by atoms with E-state index in [4.69, 9.17) is 11.6 Å². The molecule has 3 amide bonds. The number of fused-ring (bicyclic) bond motifs is 1. The molecule has 0 unspecified atom stereocenters. The Bertz CT molecular complexity index is 1480. The third kappa shape index (κ3) is 7.17. The van der Waals surface area contributed by atoms with Crippen LogP contribution < -0.4 is 20.4 Å². The maximum atomic E-state index is 13.5. The molecule has 0 spiro atoms. The molecule has 2 aromatic carbocycles. The van der Waals surface area contributed by atoms with E-state index >= 15 is 0 Å². The van der Waals surface area contributed by atoms with E-state index in [0.29, 0.717) is 27.7 Å². The van der Waals surface area contributed by atoms with E-state index in [9.17, 15) is 31.9 Å². The Labute approximate surface area is 244 Å². The predicted molar refractivity (Wildman–Crippen MR) is 149 cm³/mol. The molecule has 0 saturated carbocycles. The number of nitrogens with zero attached hydrogens (tertiary/aromatic N) is 3. The molecule has 222 valence electrons. The van der Waals surface area contributed by atoms with Gasteiger partial charge in [0.25, 0.3) is 5.91 Å². The average molecular weight is 606 g/mol. The first kappa shape index (κ1) is 30.8. The first-order chi connectivity index (χ1) is 19.6. The standard InChI is InChI=1S/C29H28ClF4N5O3/c1-28(2,37-25(40)13-21-10-9-20(31)14-35-21)27(42)36-22-16-39(15-17-4-6-18(7-5-17)29(32,33)34)23-11-8-19(30)12-24(23)38(3)26(22)41/h4-12,14,22H,13,15-16H2,1-3H3,(H,36,42)(H,37,40)/t22-/m1/s1. The van der Waals surface area contributed by atoms with Gasteiger partial charge in [0.2, 0.25) is 11.8 Å². The highest BCUT2D eigenvalue weighted by molar-refractivity contribution is 6.31. The Morgan fingerprint density at radius 3 is 2.36 bits per heavy atom. The number of hydrogen-bond donors (Lipinski definition) is 2. The van der Waals surface area contributed by atoms with Crippen molar-refractivity contribution in [1.29, 1.82) is 0 Å². The molecule has 1 atom stereocenters. The number of carbonyl (C=O) groups excluding carboxylic acids is 3. The first-order valence-corrected chi connectivity index (χ1v) is 13.2. The second-order valence-electron chi connectivity index (χ2n) is 10.4. The molecule has 1 aromatic heterocycles. The maximum absolute atomic E-state index is 13.5. The molecule has 0 radical (unpaired) electrons. The highest BCUT2D eigenvalue weighted by atomic mass is 35.5. The summed E-state index contributed by atoms with van der Waals surface area (Å²) in [7, 11) is 1.53. The predicted octanol–water partition coefficient (Wildman–Crippen LogP) is 4.50. The number of benzene rings is 2. The van der Waals surface area contributed by atoms with E-state index in [1.54, 1.807) is 23.1 Å². The highest BCUT2D eigenvalue weighted by Gasteiger charge is 2.37. The number of likely N-dealkylation sites (N-methyl/N-ethyl adjacent to an activating group) is 1. The summed E-state index contributed by atoms with van der Waals surface area (Å²) in [5.74, 6) is -2.19. The minimum Gasteiger partial charge on any atom is -0.363 e. The molecule has 0 aliphatic carbocycles. The summed E-state index contributed by atoms with van der Waals surface area (Å²) in [6.45, 7) is 3.05. The summed E-state index contributed by atoms with van der Waals surface area (Å²) >= 11 is 6.21. The Kier molecular flexibility index (Phi) is 8.76. The first-order valence-electron chi connectivity index (χ1n) is 12.8. The summed E-state index contributed by atoms with van der Waals surface area (Å²) in [5, 5.41) is 5.69. The maximum Gasteiger partial charge on any atom is 0.416 e. The fourth-order valence-corrected chi connectivity index (χ4v) is 4.69. The van der Waals surface area contributed by atoms with Crippen molar-refractivity contribution in [2.24, 2.45) is 0 Å². The summed E-state index contributed by atoms with van der Waals surface area (Å²) in [4.78, 5) is 46.4. The zero-order valence-corrected chi connectivity index (χ0v) is 23.7. The van der Waals surface area contributed by atoms with Crippen LogP contribution in [0.4, 0.5) is 28.9 Å². The Morgan fingerprint density at radius 1 is 1.05 bits per heavy atom. The van der Waals surface area contributed by atoms with Gasteiger partial charge < -0.3 is 20.4 Å². The van der Waals surface area contributed by atoms with Crippen molar-refractivity contribution in [1.82, 2.24) is 15.6 Å². The molecule has 42 heavy (non-hydrogen) atoms. The van der Waals surface area contributed by atoms with E-state index in [2.05, 4.69) is 15.6 Å². The largest absolute Gasteiger partial charge is 0.416 e. The van der Waals surface area contributed by atoms with Crippen LogP contribution in [0.1, 0.15) is 30.7 Å². The van der Waals surface area contributed by atoms with E-state index in [-0.39, 0.29) is 19.5 Å². The van der Waals surface area contributed by atoms with Crippen molar-refractivity contribution in [2.75, 3.05) is 23.4 Å². The van der Waals surface area contributed by atoms with Gasteiger partial charge in [-0.05, 0) is 61.9 Å². The fraction of sp³-hybridized carbons (Fsp3) is 0.310. The number of rotatable bonds is 7. The van der Waals surface area contributed by atoms with Gasteiger partial charge in [0.1, 0.15) is 17.4 Å². The number of amides is 3. The molecule has 8 nitrogen and oxygen atoms in total. The molecule has 2 heterocycles. The summed E-state index contributed by atoms with van der Waals surface area (Å²) in [5.41, 5.74) is -0.332. The van der Waals surface area contributed by atoms with Crippen molar-refractivity contribution in [3.63, 3.8) is 0 Å². The number of anilines is 2. The van der Waals surface area contributed by atoms with Crippen molar-refractivity contribution >= 4 is 40.7 Å². The van der Waals surface area contributed by atoms with Gasteiger partial charge in [-0.25, -0.2) is 4.39 Å². The lowest BCUT2D eigenvalue weighted by molar-refractivity contribution is -0.137. The summed E-state index contributed by atoms with van der Waals surface area (Å²) < 4.78 is 52.4. The SMILES string of the molecule is CN1C(=O)[C@H](NC(=O)C(C)(C)NC(=O)Cc2ccc(F)cn2)CN(Cc2ccc(C(F)(F)F)cc2)c2ccc(Cl)cc21. The van der Waals surface area contributed by atoms with Crippen LogP contribution in [0.15, 0.2) is 60.8 Å². The van der Waals surface area contributed by atoms with Gasteiger partial charge >= 0.3 is 6.18 Å². The monoisotopic (exact) mass is 605 g/mol. The second-order valence-corrected chi connectivity index (χ2v) is 10.9. The lowest BCUT2D eigenvalue weighted by atomic mass is 10.0. The van der Waals surface area contributed by atoms with Crippen LogP contribution in [0.5, 0.6) is 0 Å². The van der Waals surface area contributed by atoms with Gasteiger partial charge in [0.05, 0.1) is 29.6 Å². The highest BCUT2D eigenvalue weighted by Crippen LogP contribution is 2.36. The van der Waals surface area contributed by atoms with Crippen LogP contribution >= 0.6 is 11.6 Å². The molecule has 0 bridgehead atoms. The van der Waals surface area contributed by atoms with E-state index in [1.165, 1.54) is 50.1 Å². The van der Waals surface area contributed by atoms with E-state index in [1.807, 2.05) is 0 Å². The minimum atomic E-state index is -4.48. The van der Waals surface area contributed by atoms with Gasteiger partial charge in [-0.2, -0.15) is 13.2 Å². The molecular formula is C29H28ClF4N5O3. The van der Waals surface area contributed by atoms with Gasteiger partial charge in [0.15, 0.2) is 0 Å².